The van der Waals surface area contributed by atoms with Gasteiger partial charge in [0.2, 0.25) is 5.91 Å². The molecule has 1 aliphatic carbocycles. The van der Waals surface area contributed by atoms with Gasteiger partial charge in [0.1, 0.15) is 0 Å². The van der Waals surface area contributed by atoms with E-state index in [1.807, 2.05) is 0 Å². The Balaban J connectivity index is 1.49. The molecule has 0 bridgehead atoms. The summed E-state index contributed by atoms with van der Waals surface area (Å²) >= 11 is 0. The van der Waals surface area contributed by atoms with E-state index in [-0.39, 0.29) is 11.9 Å². The summed E-state index contributed by atoms with van der Waals surface area (Å²) < 4.78 is 0. The number of aromatic nitrogens is 2. The number of nitrogens with one attached hydrogen (secondary N) is 3. The number of aromatic amines is 1. The number of fused-ring (bicyclic) bond motifs is 1. The van der Waals surface area contributed by atoms with Gasteiger partial charge in [-0.25, -0.2) is 4.98 Å². The molecule has 0 spiro atoms. The van der Waals surface area contributed by atoms with Crippen LogP contribution in [0.1, 0.15) is 30.7 Å². The lowest BCUT2D eigenvalue weighted by Gasteiger charge is -2.22. The van der Waals surface area contributed by atoms with Crippen LogP contribution in [0, 0.1) is 5.92 Å². The molecule has 1 aromatic heterocycles. The minimum absolute atomic E-state index is 0.110. The van der Waals surface area contributed by atoms with E-state index in [4.69, 9.17) is 0 Å². The van der Waals surface area contributed by atoms with Gasteiger partial charge in [-0.2, -0.15) is 0 Å². The van der Waals surface area contributed by atoms with E-state index in [1.165, 1.54) is 12.8 Å². The van der Waals surface area contributed by atoms with E-state index < -0.39 is 0 Å². The molecule has 2 aliphatic rings. The van der Waals surface area contributed by atoms with Crippen molar-refractivity contribution in [3.8, 4) is 0 Å². The number of carbonyl (C=O) groups excluding carboxylic acids is 1. The molecule has 3 N–H and O–H groups in total. The van der Waals surface area contributed by atoms with Crippen LogP contribution in [0.25, 0.3) is 0 Å². The van der Waals surface area contributed by atoms with E-state index >= 15 is 0 Å². The molecule has 5 nitrogen and oxygen atoms in total. The largest absolute Gasteiger partial charge is 0.355 e. The average Bonchev–Trinajstić information content (AvgIpc) is 3.04. The minimum atomic E-state index is -0.120. The van der Waals surface area contributed by atoms with E-state index in [1.54, 1.807) is 6.33 Å². The monoisotopic (exact) mass is 234 g/mol. The standard InChI is InChI=1S/C12H18N4O/c17-12(13-4-3-8-1-2-8)10-5-9-11(6-14-10)16-7-15-9/h7-8,10,14H,1-6H2,(H,13,17)(H,15,16). The molecule has 92 valence electrons. The van der Waals surface area contributed by atoms with Gasteiger partial charge in [0.25, 0.3) is 0 Å². The Kier molecular flexibility index (Phi) is 2.84. The molecule has 1 amide bonds. The smallest absolute Gasteiger partial charge is 0.237 e. The van der Waals surface area contributed by atoms with Gasteiger partial charge in [-0.15, -0.1) is 0 Å². The highest BCUT2D eigenvalue weighted by molar-refractivity contribution is 5.82. The predicted octanol–water partition coefficient (Wildman–Crippen LogP) is 0.340. The first-order valence-corrected chi connectivity index (χ1v) is 6.35. The first-order chi connectivity index (χ1) is 8.33. The van der Waals surface area contributed by atoms with Gasteiger partial charge >= 0.3 is 0 Å². The summed E-state index contributed by atoms with van der Waals surface area (Å²) in [5, 5.41) is 6.24. The first kappa shape index (κ1) is 10.8. The van der Waals surface area contributed by atoms with Crippen LogP contribution in [0.15, 0.2) is 6.33 Å². The SMILES string of the molecule is O=C(NCCC1CC1)C1Cc2nc[nH]c2CN1. The zero-order valence-electron chi connectivity index (χ0n) is 9.83. The van der Waals surface area contributed by atoms with Gasteiger partial charge in [0.05, 0.1) is 23.8 Å². The Morgan fingerprint density at radius 2 is 2.41 bits per heavy atom. The van der Waals surface area contributed by atoms with E-state index in [9.17, 15) is 4.79 Å². The quantitative estimate of drug-likeness (QED) is 0.703. The molecule has 5 heteroatoms. The van der Waals surface area contributed by atoms with E-state index in [2.05, 4.69) is 20.6 Å². The molecule has 2 heterocycles. The maximum absolute atomic E-state index is 11.9. The van der Waals surface area contributed by atoms with Gasteiger partial charge in [-0.1, -0.05) is 12.8 Å². The lowest BCUT2D eigenvalue weighted by Crippen LogP contribution is -2.47. The van der Waals surface area contributed by atoms with Crippen LogP contribution in [0.4, 0.5) is 0 Å². The third-order valence-electron chi connectivity index (χ3n) is 3.60. The van der Waals surface area contributed by atoms with Crippen molar-refractivity contribution in [2.75, 3.05) is 6.54 Å². The van der Waals surface area contributed by atoms with E-state index in [0.29, 0.717) is 13.0 Å². The maximum atomic E-state index is 11.9. The highest BCUT2D eigenvalue weighted by atomic mass is 16.2. The van der Waals surface area contributed by atoms with Crippen molar-refractivity contribution in [1.29, 1.82) is 0 Å². The molecule has 17 heavy (non-hydrogen) atoms. The summed E-state index contributed by atoms with van der Waals surface area (Å²) in [6.07, 6.45) is 6.20. The number of nitrogens with zero attached hydrogens (tertiary/aromatic N) is 1. The predicted molar refractivity (Wildman–Crippen MR) is 63.3 cm³/mol. The number of amides is 1. The molecule has 0 saturated heterocycles. The first-order valence-electron chi connectivity index (χ1n) is 6.35. The van der Waals surface area contributed by atoms with Crippen molar-refractivity contribution in [3.63, 3.8) is 0 Å². The highest BCUT2D eigenvalue weighted by Gasteiger charge is 2.26. The third-order valence-corrected chi connectivity index (χ3v) is 3.60. The lowest BCUT2D eigenvalue weighted by molar-refractivity contribution is -0.123. The number of carbonyl (C=O) groups is 1. The van der Waals surface area contributed by atoms with Crippen LogP contribution in [0.3, 0.4) is 0 Å². The molecule has 1 saturated carbocycles. The second-order valence-electron chi connectivity index (χ2n) is 4.99. The topological polar surface area (TPSA) is 69.8 Å². The maximum Gasteiger partial charge on any atom is 0.237 e. The van der Waals surface area contributed by atoms with Crippen LogP contribution in [0.5, 0.6) is 0 Å². The average molecular weight is 234 g/mol. The highest BCUT2D eigenvalue weighted by Crippen LogP contribution is 2.31. The normalized spacial score (nSPS) is 23.2. The van der Waals surface area contributed by atoms with Crippen molar-refractivity contribution in [3.05, 3.63) is 17.7 Å². The molecule has 1 aliphatic heterocycles. The Hall–Kier alpha value is -1.36. The number of hydrogen-bond donors (Lipinski definition) is 3. The third kappa shape index (κ3) is 2.49. The van der Waals surface area contributed by atoms with Gasteiger partial charge in [0.15, 0.2) is 0 Å². The minimum Gasteiger partial charge on any atom is -0.355 e. The number of H-pyrrole nitrogens is 1. The van der Waals surface area contributed by atoms with Crippen LogP contribution < -0.4 is 10.6 Å². The summed E-state index contributed by atoms with van der Waals surface area (Å²) in [5.74, 6) is 0.979. The summed E-state index contributed by atoms with van der Waals surface area (Å²) in [4.78, 5) is 19.2. The summed E-state index contributed by atoms with van der Waals surface area (Å²) in [5.41, 5.74) is 2.12. The Labute approximate surface area is 100 Å². The Morgan fingerprint density at radius 3 is 3.24 bits per heavy atom. The van der Waals surface area contributed by atoms with Gasteiger partial charge in [0, 0.05) is 19.5 Å². The molecule has 1 aromatic rings. The lowest BCUT2D eigenvalue weighted by atomic mass is 10.0. The van der Waals surface area contributed by atoms with Gasteiger partial charge in [-0.05, 0) is 12.3 Å². The number of imidazole rings is 1. The molecule has 0 aromatic carbocycles. The van der Waals surface area contributed by atoms with Crippen molar-refractivity contribution in [2.24, 2.45) is 5.92 Å². The second-order valence-corrected chi connectivity index (χ2v) is 4.99. The van der Waals surface area contributed by atoms with E-state index in [0.717, 1.165) is 30.3 Å². The molecule has 0 radical (unpaired) electrons. The van der Waals surface area contributed by atoms with Crippen LogP contribution in [-0.4, -0.2) is 28.5 Å². The molecule has 1 fully saturated rings. The number of hydrogen-bond acceptors (Lipinski definition) is 3. The molecular formula is C12H18N4O. The van der Waals surface area contributed by atoms with Crippen molar-refractivity contribution in [1.82, 2.24) is 20.6 Å². The Morgan fingerprint density at radius 1 is 1.53 bits per heavy atom. The van der Waals surface area contributed by atoms with Crippen LogP contribution in [0.2, 0.25) is 0 Å². The van der Waals surface area contributed by atoms with Crippen molar-refractivity contribution >= 4 is 5.91 Å². The van der Waals surface area contributed by atoms with Crippen molar-refractivity contribution < 1.29 is 4.79 Å². The fraction of sp³-hybridized carbons (Fsp3) is 0.667. The molecular weight excluding hydrogens is 216 g/mol. The zero-order valence-corrected chi connectivity index (χ0v) is 9.83. The zero-order chi connectivity index (χ0) is 11.7. The molecule has 1 unspecified atom stereocenters. The van der Waals surface area contributed by atoms with Gasteiger partial charge < -0.3 is 10.3 Å². The Bertz CT molecular complexity index is 410. The summed E-state index contributed by atoms with van der Waals surface area (Å²) in [6.45, 7) is 1.52. The van der Waals surface area contributed by atoms with Gasteiger partial charge in [-0.3, -0.25) is 10.1 Å². The summed E-state index contributed by atoms with van der Waals surface area (Å²) in [6, 6.07) is -0.120. The molecule has 1 atom stereocenters. The van der Waals surface area contributed by atoms with Crippen LogP contribution >= 0.6 is 0 Å². The van der Waals surface area contributed by atoms with Crippen LogP contribution in [-0.2, 0) is 17.8 Å². The fourth-order valence-corrected chi connectivity index (χ4v) is 2.28. The summed E-state index contributed by atoms with van der Waals surface area (Å²) in [7, 11) is 0. The fourth-order valence-electron chi connectivity index (χ4n) is 2.28. The second kappa shape index (κ2) is 4.49. The number of rotatable bonds is 4. The van der Waals surface area contributed by atoms with Crippen molar-refractivity contribution in [2.45, 2.75) is 38.3 Å². The molecule has 3 rings (SSSR count).